The van der Waals surface area contributed by atoms with Gasteiger partial charge in [0.25, 0.3) is 11.6 Å². The highest BCUT2D eigenvalue weighted by atomic mass is 16.6. The van der Waals surface area contributed by atoms with Crippen LogP contribution in [-0.2, 0) is 4.79 Å². The Morgan fingerprint density at radius 2 is 2.20 bits per heavy atom. The third-order valence-electron chi connectivity index (χ3n) is 4.09. The molecule has 1 amide bonds. The highest BCUT2D eigenvalue weighted by Crippen LogP contribution is 2.47. The molecule has 3 rings (SSSR count). The molecule has 7 heteroatoms. The molecule has 1 saturated carbocycles. The van der Waals surface area contributed by atoms with Gasteiger partial charge < -0.3 is 9.73 Å². The third kappa shape index (κ3) is 3.75. The number of rotatable bonds is 5. The lowest BCUT2D eigenvalue weighted by atomic mass is 10.2. The lowest BCUT2D eigenvalue weighted by molar-refractivity contribution is -0.384. The van der Waals surface area contributed by atoms with E-state index < -0.39 is 10.8 Å². The molecule has 25 heavy (non-hydrogen) atoms. The third-order valence-corrected chi connectivity index (χ3v) is 4.09. The number of amides is 1. The minimum absolute atomic E-state index is 0.142. The van der Waals surface area contributed by atoms with E-state index in [4.69, 9.17) is 4.42 Å². The van der Waals surface area contributed by atoms with Gasteiger partial charge in [0.1, 0.15) is 23.2 Å². The number of nitrogens with one attached hydrogen (secondary N) is 1. The minimum atomic E-state index is -0.652. The van der Waals surface area contributed by atoms with Gasteiger partial charge in [-0.05, 0) is 30.5 Å². The molecule has 1 aliphatic carbocycles. The van der Waals surface area contributed by atoms with Crippen LogP contribution in [0.5, 0.6) is 0 Å². The fraction of sp³-hybridized carbons (Fsp3) is 0.222. The molecule has 0 saturated heterocycles. The second-order valence-corrected chi connectivity index (χ2v) is 5.99. The molecule has 1 N–H and O–H groups in total. The van der Waals surface area contributed by atoms with Gasteiger partial charge in [-0.1, -0.05) is 13.0 Å². The second kappa shape index (κ2) is 6.61. The van der Waals surface area contributed by atoms with Crippen LogP contribution in [0.4, 0.5) is 11.4 Å². The van der Waals surface area contributed by atoms with Crippen molar-refractivity contribution in [2.45, 2.75) is 19.3 Å². The molecular formula is C18H15N3O4. The average molecular weight is 337 g/mol. The van der Waals surface area contributed by atoms with Crippen LogP contribution in [0.1, 0.15) is 30.8 Å². The number of nitriles is 1. The molecule has 1 fully saturated rings. The maximum absolute atomic E-state index is 12.2. The van der Waals surface area contributed by atoms with Gasteiger partial charge in [0.05, 0.1) is 4.92 Å². The van der Waals surface area contributed by atoms with E-state index in [2.05, 4.69) is 12.2 Å². The lowest BCUT2D eigenvalue weighted by Crippen LogP contribution is -2.13. The Kier molecular flexibility index (Phi) is 4.35. The van der Waals surface area contributed by atoms with Crippen molar-refractivity contribution < 1.29 is 14.1 Å². The Balaban J connectivity index is 1.75. The average Bonchev–Trinajstić information content (AvgIpc) is 3.14. The van der Waals surface area contributed by atoms with Crippen molar-refractivity contribution in [1.82, 2.24) is 0 Å². The Bertz CT molecular complexity index is 907. The number of non-ortho nitro benzene ring substituents is 1. The smallest absolute Gasteiger partial charge is 0.271 e. The molecule has 1 aromatic heterocycles. The first-order chi connectivity index (χ1) is 12.0. The number of carbonyl (C=O) groups is 1. The molecule has 1 aliphatic rings. The summed E-state index contributed by atoms with van der Waals surface area (Å²) in [6, 6.07) is 10.9. The molecule has 2 atom stereocenters. The quantitative estimate of drug-likeness (QED) is 0.385. The van der Waals surface area contributed by atoms with E-state index in [1.54, 1.807) is 6.07 Å². The first-order valence-corrected chi connectivity index (χ1v) is 7.75. The van der Waals surface area contributed by atoms with E-state index in [0.29, 0.717) is 17.6 Å². The summed E-state index contributed by atoms with van der Waals surface area (Å²) < 4.78 is 5.66. The fourth-order valence-electron chi connectivity index (χ4n) is 2.55. The van der Waals surface area contributed by atoms with Gasteiger partial charge in [-0.25, -0.2) is 0 Å². The summed E-state index contributed by atoms with van der Waals surface area (Å²) in [5.74, 6) is 1.64. The molecular weight excluding hydrogens is 322 g/mol. The van der Waals surface area contributed by atoms with Gasteiger partial charge in [-0.15, -0.1) is 0 Å². The number of carbonyl (C=O) groups excluding carboxylic acids is 1. The first-order valence-electron chi connectivity index (χ1n) is 7.75. The molecule has 126 valence electrons. The summed E-state index contributed by atoms with van der Waals surface area (Å²) in [4.78, 5) is 22.4. The lowest BCUT2D eigenvalue weighted by Gasteiger charge is -2.03. The monoisotopic (exact) mass is 337 g/mol. The zero-order chi connectivity index (χ0) is 18.0. The van der Waals surface area contributed by atoms with Crippen LogP contribution in [-0.4, -0.2) is 10.8 Å². The summed E-state index contributed by atoms with van der Waals surface area (Å²) in [5, 5.41) is 22.5. The summed E-state index contributed by atoms with van der Waals surface area (Å²) in [5.41, 5.74) is -0.0435. The Morgan fingerprint density at radius 1 is 1.44 bits per heavy atom. The van der Waals surface area contributed by atoms with Crippen molar-refractivity contribution in [1.29, 1.82) is 5.26 Å². The van der Waals surface area contributed by atoms with Crippen LogP contribution in [0.2, 0.25) is 0 Å². The second-order valence-electron chi connectivity index (χ2n) is 5.99. The molecule has 2 aromatic rings. The maximum atomic E-state index is 12.2. The Morgan fingerprint density at radius 3 is 2.84 bits per heavy atom. The standard InChI is InChI=1S/C18H15N3O4/c1-11-7-16(11)17-6-5-15(25-17)8-12(10-19)18(22)20-13-3-2-4-14(9-13)21(23)24/h2-6,8-9,11,16H,7H2,1H3,(H,20,22)/b12-8+/t11-,16+/m0/s1. The van der Waals surface area contributed by atoms with Crippen molar-refractivity contribution >= 4 is 23.4 Å². The SMILES string of the molecule is C[C@H]1C[C@H]1c1ccc(/C=C(\C#N)C(=O)Nc2cccc([N+](=O)[O-])c2)o1. The van der Waals surface area contributed by atoms with E-state index in [1.165, 1.54) is 30.3 Å². The summed E-state index contributed by atoms with van der Waals surface area (Å²) >= 11 is 0. The van der Waals surface area contributed by atoms with Crippen molar-refractivity contribution in [2.24, 2.45) is 5.92 Å². The van der Waals surface area contributed by atoms with E-state index in [-0.39, 0.29) is 16.9 Å². The Labute approximate surface area is 143 Å². The van der Waals surface area contributed by atoms with E-state index in [9.17, 15) is 20.2 Å². The first kappa shape index (κ1) is 16.5. The van der Waals surface area contributed by atoms with Gasteiger partial charge in [0.15, 0.2) is 0 Å². The van der Waals surface area contributed by atoms with E-state index in [1.807, 2.05) is 12.1 Å². The molecule has 1 heterocycles. The number of anilines is 1. The van der Waals surface area contributed by atoms with Gasteiger partial charge in [-0.3, -0.25) is 14.9 Å². The number of nitro benzene ring substituents is 1. The van der Waals surface area contributed by atoms with Crippen LogP contribution in [0, 0.1) is 27.4 Å². The van der Waals surface area contributed by atoms with E-state index >= 15 is 0 Å². The number of nitrogens with zero attached hydrogens (tertiary/aromatic N) is 2. The molecule has 0 spiro atoms. The van der Waals surface area contributed by atoms with Crippen LogP contribution in [0.25, 0.3) is 6.08 Å². The Hall–Kier alpha value is -3.40. The van der Waals surface area contributed by atoms with Gasteiger partial charge in [0.2, 0.25) is 0 Å². The number of hydrogen-bond acceptors (Lipinski definition) is 5. The van der Waals surface area contributed by atoms with Crippen molar-refractivity contribution in [2.75, 3.05) is 5.32 Å². The van der Waals surface area contributed by atoms with Gasteiger partial charge >= 0.3 is 0 Å². The number of nitro groups is 1. The number of hydrogen-bond donors (Lipinski definition) is 1. The number of benzene rings is 1. The normalized spacial score (nSPS) is 19.1. The van der Waals surface area contributed by atoms with Gasteiger partial charge in [0, 0.05) is 29.8 Å². The molecule has 7 nitrogen and oxygen atoms in total. The highest BCUT2D eigenvalue weighted by molar-refractivity contribution is 6.09. The van der Waals surface area contributed by atoms with E-state index in [0.717, 1.165) is 12.2 Å². The maximum Gasteiger partial charge on any atom is 0.271 e. The van der Waals surface area contributed by atoms with Crippen LogP contribution < -0.4 is 5.32 Å². The van der Waals surface area contributed by atoms with Crippen molar-refractivity contribution in [3.63, 3.8) is 0 Å². The van der Waals surface area contributed by atoms with Crippen molar-refractivity contribution in [3.05, 3.63) is 63.6 Å². The predicted octanol–water partition coefficient (Wildman–Crippen LogP) is 3.86. The topological polar surface area (TPSA) is 109 Å². The largest absolute Gasteiger partial charge is 0.461 e. The zero-order valence-corrected chi connectivity index (χ0v) is 13.4. The molecule has 0 aliphatic heterocycles. The summed E-state index contributed by atoms with van der Waals surface area (Å²) in [6.45, 7) is 2.13. The molecule has 0 radical (unpaired) electrons. The zero-order valence-electron chi connectivity index (χ0n) is 13.4. The van der Waals surface area contributed by atoms with Crippen molar-refractivity contribution in [3.8, 4) is 6.07 Å². The predicted molar refractivity (Wildman–Crippen MR) is 90.5 cm³/mol. The highest BCUT2D eigenvalue weighted by Gasteiger charge is 2.36. The summed E-state index contributed by atoms with van der Waals surface area (Å²) in [7, 11) is 0. The van der Waals surface area contributed by atoms with Crippen LogP contribution >= 0.6 is 0 Å². The molecule has 1 aromatic carbocycles. The minimum Gasteiger partial charge on any atom is -0.461 e. The molecule has 0 unspecified atom stereocenters. The van der Waals surface area contributed by atoms with Crippen LogP contribution in [0.3, 0.4) is 0 Å². The fourth-order valence-corrected chi connectivity index (χ4v) is 2.55. The molecule has 0 bridgehead atoms. The number of furan rings is 1. The summed E-state index contributed by atoms with van der Waals surface area (Å²) in [6.07, 6.45) is 2.44. The van der Waals surface area contributed by atoms with Crippen LogP contribution in [0.15, 0.2) is 46.4 Å². The van der Waals surface area contributed by atoms with Gasteiger partial charge in [-0.2, -0.15) is 5.26 Å².